The van der Waals surface area contributed by atoms with Gasteiger partial charge in [0.25, 0.3) is 0 Å². The van der Waals surface area contributed by atoms with E-state index in [4.69, 9.17) is 4.74 Å². The van der Waals surface area contributed by atoms with Crippen LogP contribution in [0.5, 0.6) is 0 Å². The maximum atomic E-state index is 10.2. The lowest BCUT2D eigenvalue weighted by Gasteiger charge is -2.33. The van der Waals surface area contributed by atoms with Gasteiger partial charge in [-0.25, -0.2) is 0 Å². The van der Waals surface area contributed by atoms with E-state index in [1.807, 2.05) is 6.92 Å². The fourth-order valence-electron chi connectivity index (χ4n) is 1.96. The Balaban J connectivity index is 2.40. The van der Waals surface area contributed by atoms with Crippen molar-refractivity contribution in [2.45, 2.75) is 51.2 Å². The lowest BCUT2D eigenvalue weighted by Crippen LogP contribution is -2.32. The van der Waals surface area contributed by atoms with Gasteiger partial charge in [-0.3, -0.25) is 9.79 Å². The van der Waals surface area contributed by atoms with Gasteiger partial charge in [0.15, 0.2) is 6.29 Å². The molecule has 1 aliphatic carbocycles. The molecule has 0 unspecified atom stereocenters. The van der Waals surface area contributed by atoms with Crippen LogP contribution in [0.25, 0.3) is 0 Å². The van der Waals surface area contributed by atoms with E-state index in [1.54, 1.807) is 0 Å². The molecule has 1 rings (SSSR count). The van der Waals surface area contributed by atoms with Gasteiger partial charge in [-0.1, -0.05) is 0 Å². The van der Waals surface area contributed by atoms with Crippen LogP contribution in [0.2, 0.25) is 0 Å². The molecule has 0 aliphatic heterocycles. The van der Waals surface area contributed by atoms with Crippen LogP contribution in [-0.4, -0.2) is 30.8 Å². The number of nitrogens with zero attached hydrogens (tertiary/aromatic N) is 1. The lowest BCUT2D eigenvalue weighted by atomic mass is 9.82. The number of carbonyl (C=O) groups excluding carboxylic acids is 1. The van der Waals surface area contributed by atoms with E-state index in [0.717, 1.165) is 38.6 Å². The van der Waals surface area contributed by atoms with E-state index in [-0.39, 0.29) is 5.54 Å². The Labute approximate surface area is 85.6 Å². The first kappa shape index (κ1) is 11.4. The highest BCUT2D eigenvalue weighted by Crippen LogP contribution is 2.32. The van der Waals surface area contributed by atoms with Crippen molar-refractivity contribution in [1.82, 2.24) is 0 Å². The molecule has 0 aromatic carbocycles. The zero-order valence-corrected chi connectivity index (χ0v) is 9.03. The molecule has 3 nitrogen and oxygen atoms in total. The molecule has 0 heterocycles. The first-order valence-corrected chi connectivity index (χ1v) is 5.31. The van der Waals surface area contributed by atoms with Crippen molar-refractivity contribution in [3.05, 3.63) is 0 Å². The van der Waals surface area contributed by atoms with Crippen molar-refractivity contribution in [3.63, 3.8) is 0 Å². The van der Waals surface area contributed by atoms with Gasteiger partial charge in [0, 0.05) is 6.61 Å². The normalized spacial score (nSPS) is 33.4. The molecular formula is C11H19NO2. The van der Waals surface area contributed by atoms with Gasteiger partial charge >= 0.3 is 0 Å². The molecule has 80 valence electrons. The summed E-state index contributed by atoms with van der Waals surface area (Å²) in [7, 11) is 0. The third kappa shape index (κ3) is 3.22. The number of hydrogen-bond acceptors (Lipinski definition) is 3. The number of ether oxygens (including phenoxy) is 1. The third-order valence-corrected chi connectivity index (χ3v) is 2.86. The second-order valence-electron chi connectivity index (χ2n) is 4.07. The first-order valence-electron chi connectivity index (χ1n) is 5.31. The van der Waals surface area contributed by atoms with E-state index in [2.05, 4.69) is 11.9 Å². The molecule has 0 atom stereocenters. The van der Waals surface area contributed by atoms with Gasteiger partial charge in [-0.15, -0.1) is 0 Å². The molecule has 0 bridgehead atoms. The molecule has 0 aromatic heterocycles. The zero-order valence-electron chi connectivity index (χ0n) is 9.03. The smallest absolute Gasteiger partial charge is 0.160 e. The molecule has 0 amide bonds. The number of hydrogen-bond donors (Lipinski definition) is 0. The highest BCUT2D eigenvalue weighted by Gasteiger charge is 2.30. The summed E-state index contributed by atoms with van der Waals surface area (Å²) in [6, 6.07) is 0. The van der Waals surface area contributed by atoms with Gasteiger partial charge in [-0.2, -0.15) is 0 Å². The lowest BCUT2D eigenvalue weighted by molar-refractivity contribution is -0.102. The second-order valence-corrected chi connectivity index (χ2v) is 4.07. The number of carbonyl (C=O) groups is 1. The molecule has 0 N–H and O–H groups in total. The first-order chi connectivity index (χ1) is 6.70. The highest BCUT2D eigenvalue weighted by atomic mass is 16.5. The Bertz CT molecular complexity index is 205. The molecule has 0 spiro atoms. The van der Waals surface area contributed by atoms with Crippen molar-refractivity contribution in [1.29, 1.82) is 0 Å². The van der Waals surface area contributed by atoms with Gasteiger partial charge in [-0.05, 0) is 39.5 Å². The maximum Gasteiger partial charge on any atom is 0.160 e. The van der Waals surface area contributed by atoms with Crippen LogP contribution < -0.4 is 0 Å². The van der Waals surface area contributed by atoms with Crippen LogP contribution in [0.3, 0.4) is 0 Å². The van der Waals surface area contributed by atoms with Crippen LogP contribution in [0.1, 0.15) is 39.5 Å². The van der Waals surface area contributed by atoms with E-state index >= 15 is 0 Å². The topological polar surface area (TPSA) is 38.7 Å². The van der Waals surface area contributed by atoms with Crippen LogP contribution in [0.15, 0.2) is 4.99 Å². The van der Waals surface area contributed by atoms with E-state index < -0.39 is 0 Å². The van der Waals surface area contributed by atoms with Crippen LogP contribution in [0, 0.1) is 0 Å². The Kier molecular flexibility index (Phi) is 4.26. The summed E-state index contributed by atoms with van der Waals surface area (Å²) in [5, 5.41) is 0. The summed E-state index contributed by atoms with van der Waals surface area (Å²) in [4.78, 5) is 14.5. The molecular weight excluding hydrogens is 178 g/mol. The van der Waals surface area contributed by atoms with Gasteiger partial charge in [0.2, 0.25) is 0 Å². The number of aliphatic imine (C=N–C) groups is 1. The van der Waals surface area contributed by atoms with E-state index in [9.17, 15) is 4.79 Å². The van der Waals surface area contributed by atoms with Crippen LogP contribution in [-0.2, 0) is 9.53 Å². The molecule has 0 aromatic rings. The highest BCUT2D eigenvalue weighted by molar-refractivity contribution is 6.13. The van der Waals surface area contributed by atoms with E-state index in [0.29, 0.717) is 6.10 Å². The summed E-state index contributed by atoms with van der Waals surface area (Å²) in [6.45, 7) is 4.92. The molecule has 14 heavy (non-hydrogen) atoms. The average molecular weight is 197 g/mol. The summed E-state index contributed by atoms with van der Waals surface area (Å²) in [5.74, 6) is 0. The van der Waals surface area contributed by atoms with Crippen molar-refractivity contribution >= 4 is 12.5 Å². The second kappa shape index (κ2) is 5.25. The summed E-state index contributed by atoms with van der Waals surface area (Å²) < 4.78 is 5.56. The Morgan fingerprint density at radius 2 is 2.14 bits per heavy atom. The van der Waals surface area contributed by atoms with Crippen molar-refractivity contribution in [2.75, 3.05) is 6.61 Å². The monoisotopic (exact) mass is 197 g/mol. The van der Waals surface area contributed by atoms with Gasteiger partial charge in [0.1, 0.15) is 0 Å². The quantitative estimate of drug-likeness (QED) is 0.510. The van der Waals surface area contributed by atoms with Crippen LogP contribution in [0.4, 0.5) is 0 Å². The fourth-order valence-corrected chi connectivity index (χ4v) is 1.96. The third-order valence-electron chi connectivity index (χ3n) is 2.86. The predicted molar refractivity (Wildman–Crippen MR) is 56.8 cm³/mol. The molecule has 0 radical (unpaired) electrons. The van der Waals surface area contributed by atoms with Gasteiger partial charge < -0.3 is 4.74 Å². The minimum atomic E-state index is -0.0332. The summed E-state index contributed by atoms with van der Waals surface area (Å²) in [6.07, 6.45) is 6.67. The average Bonchev–Trinajstić information content (AvgIpc) is 2.20. The molecule has 1 aliphatic rings. The van der Waals surface area contributed by atoms with Crippen molar-refractivity contribution < 1.29 is 9.53 Å². The Hall–Kier alpha value is -0.700. The number of aldehydes is 1. The maximum absolute atomic E-state index is 10.2. The molecule has 1 fully saturated rings. The van der Waals surface area contributed by atoms with Crippen LogP contribution >= 0.6 is 0 Å². The largest absolute Gasteiger partial charge is 0.379 e. The van der Waals surface area contributed by atoms with Crippen molar-refractivity contribution in [2.24, 2.45) is 4.99 Å². The standard InChI is InChI=1S/C11H19NO2/c1-3-14-10-4-6-11(2,7-5-10)12-8-9-13/h8-10H,3-7H2,1-2H3. The zero-order chi connectivity index (χ0) is 10.4. The minimum absolute atomic E-state index is 0.0332. The molecule has 3 heteroatoms. The molecule has 0 saturated heterocycles. The molecule has 1 saturated carbocycles. The van der Waals surface area contributed by atoms with Gasteiger partial charge in [0.05, 0.1) is 17.9 Å². The van der Waals surface area contributed by atoms with E-state index in [1.165, 1.54) is 6.21 Å². The fraction of sp³-hybridized carbons (Fsp3) is 0.818. The Morgan fingerprint density at radius 1 is 1.50 bits per heavy atom. The number of rotatable bonds is 4. The SMILES string of the molecule is CCOC1CCC(C)(N=CC=O)CC1. The summed E-state index contributed by atoms with van der Waals surface area (Å²) >= 11 is 0. The van der Waals surface area contributed by atoms with Crippen molar-refractivity contribution in [3.8, 4) is 0 Å². The minimum Gasteiger partial charge on any atom is -0.379 e. The summed E-state index contributed by atoms with van der Waals surface area (Å²) in [5.41, 5.74) is -0.0332. The Morgan fingerprint density at radius 3 is 2.64 bits per heavy atom. The predicted octanol–water partition coefficient (Wildman–Crippen LogP) is 1.99.